The molecule has 2 heterocycles. The molecule has 0 atom stereocenters. The Morgan fingerprint density at radius 3 is 2.85 bits per heavy atom. The zero-order chi connectivity index (χ0) is 17.9. The van der Waals surface area contributed by atoms with Crippen LogP contribution in [0.25, 0.3) is 11.4 Å². The molecule has 1 aliphatic carbocycles. The molecule has 0 spiro atoms. The fourth-order valence-corrected chi connectivity index (χ4v) is 4.27. The van der Waals surface area contributed by atoms with Crippen LogP contribution >= 0.6 is 0 Å². The Kier molecular flexibility index (Phi) is 5.05. The maximum Gasteiger partial charge on any atom is 0.224 e. The van der Waals surface area contributed by atoms with Crippen molar-refractivity contribution in [1.29, 1.82) is 0 Å². The van der Waals surface area contributed by atoms with Gasteiger partial charge < -0.3 is 9.88 Å². The van der Waals surface area contributed by atoms with Crippen LogP contribution in [0.3, 0.4) is 0 Å². The molecule has 1 N–H and O–H groups in total. The molecule has 1 aromatic carbocycles. The highest BCUT2D eigenvalue weighted by molar-refractivity contribution is 5.92. The van der Waals surface area contributed by atoms with Crippen molar-refractivity contribution in [2.75, 3.05) is 5.32 Å². The molecule has 2 aliphatic rings. The first-order valence-corrected chi connectivity index (χ1v) is 10.0. The summed E-state index contributed by atoms with van der Waals surface area (Å²) in [6.07, 6.45) is 10.2. The van der Waals surface area contributed by atoms with Crippen molar-refractivity contribution in [1.82, 2.24) is 14.8 Å². The van der Waals surface area contributed by atoms with Gasteiger partial charge in [0.1, 0.15) is 5.82 Å². The van der Waals surface area contributed by atoms with Crippen molar-refractivity contribution in [2.24, 2.45) is 5.92 Å². The number of hydrogen-bond acceptors (Lipinski definition) is 3. The number of benzene rings is 1. The molecule has 1 amide bonds. The second-order valence-electron chi connectivity index (χ2n) is 7.83. The lowest BCUT2D eigenvalue weighted by Crippen LogP contribution is -2.16. The van der Waals surface area contributed by atoms with Gasteiger partial charge in [0.15, 0.2) is 5.82 Å². The van der Waals surface area contributed by atoms with Crippen LogP contribution in [0.1, 0.15) is 62.8 Å². The number of amides is 1. The number of rotatable bonds is 4. The standard InChI is InChI=1S/C21H28N4O/c1-15-10-11-17(21-24-23-19-9-3-2-6-12-25(19)21)14-18(15)22-20(26)13-16-7-4-5-8-16/h10-11,14,16H,2-9,12-13H2,1H3,(H,22,26). The van der Waals surface area contributed by atoms with E-state index in [9.17, 15) is 4.79 Å². The quantitative estimate of drug-likeness (QED) is 0.881. The molecule has 1 aliphatic heterocycles. The largest absolute Gasteiger partial charge is 0.326 e. The van der Waals surface area contributed by atoms with Gasteiger partial charge in [0.05, 0.1) is 0 Å². The van der Waals surface area contributed by atoms with E-state index in [1.54, 1.807) is 0 Å². The third kappa shape index (κ3) is 3.67. The second kappa shape index (κ2) is 7.60. The molecule has 0 radical (unpaired) electrons. The Bertz CT molecular complexity index is 789. The van der Waals surface area contributed by atoms with Crippen molar-refractivity contribution in [3.8, 4) is 11.4 Å². The smallest absolute Gasteiger partial charge is 0.224 e. The van der Waals surface area contributed by atoms with Crippen molar-refractivity contribution >= 4 is 11.6 Å². The Hall–Kier alpha value is -2.17. The summed E-state index contributed by atoms with van der Waals surface area (Å²) in [6.45, 7) is 3.02. The fraction of sp³-hybridized carbons (Fsp3) is 0.571. The van der Waals surface area contributed by atoms with E-state index in [2.05, 4.69) is 38.3 Å². The average molecular weight is 352 g/mol. The minimum absolute atomic E-state index is 0.136. The summed E-state index contributed by atoms with van der Waals surface area (Å²) in [4.78, 5) is 12.5. The molecule has 4 rings (SSSR count). The van der Waals surface area contributed by atoms with Gasteiger partial charge in [0, 0.05) is 30.6 Å². The van der Waals surface area contributed by atoms with E-state index in [0.29, 0.717) is 12.3 Å². The Balaban J connectivity index is 1.54. The predicted octanol–water partition coefficient (Wildman–Crippen LogP) is 4.50. The normalized spacial score (nSPS) is 17.7. The van der Waals surface area contributed by atoms with Gasteiger partial charge in [-0.1, -0.05) is 31.4 Å². The molecular formula is C21H28N4O. The van der Waals surface area contributed by atoms with Crippen LogP contribution in [0.15, 0.2) is 18.2 Å². The number of fused-ring (bicyclic) bond motifs is 1. The summed E-state index contributed by atoms with van der Waals surface area (Å²) in [5.74, 6) is 2.71. The van der Waals surface area contributed by atoms with Crippen LogP contribution in [0, 0.1) is 12.8 Å². The molecule has 1 aromatic heterocycles. The van der Waals surface area contributed by atoms with E-state index in [-0.39, 0.29) is 5.91 Å². The van der Waals surface area contributed by atoms with E-state index in [1.165, 1.54) is 44.9 Å². The summed E-state index contributed by atoms with van der Waals surface area (Å²) in [7, 11) is 0. The van der Waals surface area contributed by atoms with Crippen LogP contribution in [-0.2, 0) is 17.8 Å². The topological polar surface area (TPSA) is 59.8 Å². The van der Waals surface area contributed by atoms with Gasteiger partial charge in [-0.3, -0.25) is 4.79 Å². The van der Waals surface area contributed by atoms with Crippen LogP contribution in [0.4, 0.5) is 5.69 Å². The number of carbonyl (C=O) groups is 1. The van der Waals surface area contributed by atoms with Crippen LogP contribution in [0.5, 0.6) is 0 Å². The summed E-state index contributed by atoms with van der Waals surface area (Å²) in [5, 5.41) is 12.0. The highest BCUT2D eigenvalue weighted by Crippen LogP contribution is 2.29. The van der Waals surface area contributed by atoms with E-state index >= 15 is 0 Å². The minimum Gasteiger partial charge on any atom is -0.326 e. The van der Waals surface area contributed by atoms with Crippen molar-refractivity contribution in [3.63, 3.8) is 0 Å². The third-order valence-electron chi connectivity index (χ3n) is 5.83. The third-order valence-corrected chi connectivity index (χ3v) is 5.83. The van der Waals surface area contributed by atoms with Gasteiger partial charge in [0.25, 0.3) is 0 Å². The second-order valence-corrected chi connectivity index (χ2v) is 7.83. The lowest BCUT2D eigenvalue weighted by molar-refractivity contribution is -0.117. The van der Waals surface area contributed by atoms with E-state index < -0.39 is 0 Å². The first kappa shape index (κ1) is 17.3. The van der Waals surface area contributed by atoms with Crippen molar-refractivity contribution in [2.45, 2.75) is 71.3 Å². The van der Waals surface area contributed by atoms with E-state index in [1.807, 2.05) is 6.92 Å². The van der Waals surface area contributed by atoms with Gasteiger partial charge in [-0.05, 0) is 50.2 Å². The van der Waals surface area contributed by atoms with Gasteiger partial charge in [-0.15, -0.1) is 10.2 Å². The molecule has 138 valence electrons. The van der Waals surface area contributed by atoms with Crippen molar-refractivity contribution < 1.29 is 4.79 Å². The number of hydrogen-bond donors (Lipinski definition) is 1. The highest BCUT2D eigenvalue weighted by Gasteiger charge is 2.20. The average Bonchev–Trinajstić information content (AvgIpc) is 3.21. The number of nitrogens with one attached hydrogen (secondary N) is 1. The SMILES string of the molecule is Cc1ccc(-c2nnc3n2CCCCC3)cc1NC(=O)CC1CCCC1. The zero-order valence-corrected chi connectivity index (χ0v) is 15.6. The van der Waals surface area contributed by atoms with E-state index in [0.717, 1.165) is 41.4 Å². The van der Waals surface area contributed by atoms with Gasteiger partial charge >= 0.3 is 0 Å². The summed E-state index contributed by atoms with van der Waals surface area (Å²) >= 11 is 0. The van der Waals surface area contributed by atoms with Crippen LogP contribution < -0.4 is 5.32 Å². The number of carbonyl (C=O) groups excluding carboxylic acids is 1. The van der Waals surface area contributed by atoms with E-state index in [4.69, 9.17) is 0 Å². The molecule has 0 saturated heterocycles. The lowest BCUT2D eigenvalue weighted by Gasteiger charge is -2.13. The van der Waals surface area contributed by atoms with Crippen LogP contribution in [0.2, 0.25) is 0 Å². The van der Waals surface area contributed by atoms with Crippen molar-refractivity contribution in [3.05, 3.63) is 29.6 Å². The Labute approximate surface area is 155 Å². The summed E-state index contributed by atoms with van der Waals surface area (Å²) in [5.41, 5.74) is 3.02. The molecule has 26 heavy (non-hydrogen) atoms. The van der Waals surface area contributed by atoms with Gasteiger partial charge in [-0.2, -0.15) is 0 Å². The van der Waals surface area contributed by atoms with Gasteiger partial charge in [0.2, 0.25) is 5.91 Å². The van der Waals surface area contributed by atoms with Gasteiger partial charge in [-0.25, -0.2) is 0 Å². The first-order valence-electron chi connectivity index (χ1n) is 10.0. The maximum atomic E-state index is 12.5. The molecule has 5 nitrogen and oxygen atoms in total. The first-order chi connectivity index (χ1) is 12.7. The number of anilines is 1. The lowest BCUT2D eigenvalue weighted by atomic mass is 10.0. The minimum atomic E-state index is 0.136. The highest BCUT2D eigenvalue weighted by atomic mass is 16.1. The summed E-state index contributed by atoms with van der Waals surface area (Å²) in [6, 6.07) is 6.22. The maximum absolute atomic E-state index is 12.5. The van der Waals surface area contributed by atoms with Crippen LogP contribution in [-0.4, -0.2) is 20.7 Å². The number of nitrogens with zero attached hydrogens (tertiary/aromatic N) is 3. The monoisotopic (exact) mass is 352 g/mol. The Morgan fingerprint density at radius 1 is 1.15 bits per heavy atom. The Morgan fingerprint density at radius 2 is 2.00 bits per heavy atom. The fourth-order valence-electron chi connectivity index (χ4n) is 4.27. The molecule has 5 heteroatoms. The zero-order valence-electron chi connectivity index (χ0n) is 15.6. The predicted molar refractivity (Wildman–Crippen MR) is 103 cm³/mol. The molecular weight excluding hydrogens is 324 g/mol. The molecule has 0 bridgehead atoms. The molecule has 1 fully saturated rings. The number of aryl methyl sites for hydroxylation is 2. The molecule has 1 saturated carbocycles. The molecule has 0 unspecified atom stereocenters. The molecule has 2 aromatic rings. The number of aromatic nitrogens is 3. The summed E-state index contributed by atoms with van der Waals surface area (Å²) < 4.78 is 2.25.